The number of anilines is 2. The van der Waals surface area contributed by atoms with Crippen LogP contribution in [0.15, 0.2) is 88.8 Å². The van der Waals surface area contributed by atoms with Crippen molar-refractivity contribution in [2.75, 3.05) is 17.2 Å². The number of halogens is 1. The van der Waals surface area contributed by atoms with Crippen molar-refractivity contribution in [2.45, 2.75) is 33.4 Å². The van der Waals surface area contributed by atoms with Gasteiger partial charge in [0.05, 0.1) is 16.7 Å². The second-order valence-electron chi connectivity index (χ2n) is 8.96. The lowest BCUT2D eigenvalue weighted by Crippen LogP contribution is -2.31. The minimum atomic E-state index is -0.544. The Morgan fingerprint density at radius 2 is 1.89 bits per heavy atom. The highest BCUT2D eigenvalue weighted by molar-refractivity contribution is 9.10. The molecule has 1 amide bonds. The molecule has 4 aromatic rings. The van der Waals surface area contributed by atoms with Gasteiger partial charge in [0.15, 0.2) is 11.5 Å². The van der Waals surface area contributed by atoms with Crippen molar-refractivity contribution in [1.82, 2.24) is 14.8 Å². The van der Waals surface area contributed by atoms with Crippen LogP contribution in [0.3, 0.4) is 0 Å². The molecule has 0 bridgehead atoms. The number of hydrogen-bond donors (Lipinski definition) is 2. The Bertz CT molecular complexity index is 1500. The number of amides is 1. The van der Waals surface area contributed by atoms with Crippen LogP contribution in [0.2, 0.25) is 0 Å². The summed E-state index contributed by atoms with van der Waals surface area (Å²) in [5.74, 6) is 1.49. The molecule has 9 heteroatoms. The van der Waals surface area contributed by atoms with Gasteiger partial charge in [-0.05, 0) is 77.7 Å². The number of carbonyl (C=O) groups is 1. The predicted octanol–water partition coefficient (Wildman–Crippen LogP) is 6.25. The molecule has 1 atom stereocenters. The summed E-state index contributed by atoms with van der Waals surface area (Å²) in [6.07, 6.45) is 1.47. The largest absolute Gasteiger partial charge is 0.490 e. The Balaban J connectivity index is 1.54. The van der Waals surface area contributed by atoms with E-state index in [1.165, 1.54) is 6.33 Å². The highest BCUT2D eigenvalue weighted by atomic mass is 79.9. The van der Waals surface area contributed by atoms with Crippen molar-refractivity contribution in [3.05, 3.63) is 105 Å². The Morgan fingerprint density at radius 1 is 1.08 bits per heavy atom. The third kappa shape index (κ3) is 5.28. The molecule has 0 fully saturated rings. The summed E-state index contributed by atoms with van der Waals surface area (Å²) in [6, 6.07) is 21.0. The number of nitrogens with zero attached hydrogens (tertiary/aromatic N) is 3. The van der Waals surface area contributed by atoms with Crippen LogP contribution in [0, 0.1) is 6.92 Å². The van der Waals surface area contributed by atoms with E-state index < -0.39 is 6.04 Å². The highest BCUT2D eigenvalue weighted by Crippen LogP contribution is 2.43. The first kappa shape index (κ1) is 25.5. The van der Waals surface area contributed by atoms with E-state index in [0.717, 1.165) is 22.4 Å². The number of rotatable bonds is 8. The van der Waals surface area contributed by atoms with E-state index in [0.29, 0.717) is 46.4 Å². The number of hydrogen-bond acceptors (Lipinski definition) is 6. The van der Waals surface area contributed by atoms with E-state index in [2.05, 4.69) is 36.6 Å². The minimum absolute atomic E-state index is 0.231. The smallest absolute Gasteiger partial charge is 0.255 e. The van der Waals surface area contributed by atoms with Crippen LogP contribution in [0.1, 0.15) is 36.6 Å². The molecular formula is C29H28BrN5O3. The summed E-state index contributed by atoms with van der Waals surface area (Å²) < 4.78 is 14.6. The summed E-state index contributed by atoms with van der Waals surface area (Å²) in [5.41, 5.74) is 4.84. The second kappa shape index (κ2) is 11.1. The fraction of sp³-hybridized carbons (Fsp3) is 0.207. The molecule has 5 rings (SSSR count). The Morgan fingerprint density at radius 3 is 2.66 bits per heavy atom. The molecule has 0 spiro atoms. The van der Waals surface area contributed by atoms with Crippen molar-refractivity contribution >= 4 is 33.5 Å². The van der Waals surface area contributed by atoms with Crippen LogP contribution in [0.4, 0.5) is 11.6 Å². The molecule has 0 aliphatic carbocycles. The van der Waals surface area contributed by atoms with Gasteiger partial charge in [-0.3, -0.25) is 4.79 Å². The van der Waals surface area contributed by atoms with Gasteiger partial charge in [-0.2, -0.15) is 10.1 Å². The van der Waals surface area contributed by atoms with Gasteiger partial charge in [0.1, 0.15) is 19.0 Å². The summed E-state index contributed by atoms with van der Waals surface area (Å²) >= 11 is 3.69. The number of ether oxygens (including phenoxy) is 2. The zero-order chi connectivity index (χ0) is 26.6. The molecule has 2 N–H and O–H groups in total. The lowest BCUT2D eigenvalue weighted by molar-refractivity contribution is -0.113. The summed E-state index contributed by atoms with van der Waals surface area (Å²) in [7, 11) is 0. The van der Waals surface area contributed by atoms with E-state index in [1.54, 1.807) is 4.68 Å². The van der Waals surface area contributed by atoms with Crippen LogP contribution in [-0.2, 0) is 11.4 Å². The van der Waals surface area contributed by atoms with Crippen molar-refractivity contribution in [3.63, 3.8) is 0 Å². The quantitative estimate of drug-likeness (QED) is 0.259. The molecule has 1 aliphatic rings. The number of nitrogens with one attached hydrogen (secondary N) is 2. The minimum Gasteiger partial charge on any atom is -0.490 e. The summed E-state index contributed by atoms with van der Waals surface area (Å²) in [4.78, 5) is 18.0. The van der Waals surface area contributed by atoms with Crippen LogP contribution in [0.5, 0.6) is 11.5 Å². The fourth-order valence-corrected chi connectivity index (χ4v) is 5.07. The van der Waals surface area contributed by atoms with Crippen molar-refractivity contribution in [3.8, 4) is 11.5 Å². The van der Waals surface area contributed by atoms with Crippen LogP contribution >= 0.6 is 15.9 Å². The predicted molar refractivity (Wildman–Crippen MR) is 150 cm³/mol. The van der Waals surface area contributed by atoms with Gasteiger partial charge in [0.25, 0.3) is 5.91 Å². The van der Waals surface area contributed by atoms with Crippen molar-refractivity contribution in [1.29, 1.82) is 0 Å². The number of fused-ring (bicyclic) bond motifs is 1. The lowest BCUT2D eigenvalue weighted by Gasteiger charge is -2.29. The van der Waals surface area contributed by atoms with Gasteiger partial charge >= 0.3 is 0 Å². The van der Waals surface area contributed by atoms with Crippen LogP contribution in [0.25, 0.3) is 0 Å². The maximum absolute atomic E-state index is 13.7. The topological polar surface area (TPSA) is 90.3 Å². The molecule has 1 aromatic heterocycles. The molecule has 0 saturated carbocycles. The third-order valence-electron chi connectivity index (χ3n) is 6.19. The van der Waals surface area contributed by atoms with E-state index in [9.17, 15) is 4.79 Å². The average molecular weight is 574 g/mol. The van der Waals surface area contributed by atoms with Crippen molar-refractivity contribution < 1.29 is 14.3 Å². The standard InChI is InChI=1S/C29H28BrN5O3/c1-4-37-24-15-21(14-23(30)27(24)38-16-20-10-6-5-7-11-20)26-25(19(3)33-29-31-17-32-35(26)29)28(36)34-22-12-8-9-18(2)13-22/h5-15,17,26H,4,16H2,1-3H3,(H,34,36)(H,31,32,33). The summed E-state index contributed by atoms with van der Waals surface area (Å²) in [5, 5.41) is 10.7. The monoisotopic (exact) mass is 573 g/mol. The SMILES string of the molecule is CCOc1cc(C2C(C(=O)Nc3cccc(C)c3)=C(C)Nc3ncnn32)cc(Br)c1OCc1ccccc1. The van der Waals surface area contributed by atoms with Gasteiger partial charge in [-0.15, -0.1) is 0 Å². The maximum Gasteiger partial charge on any atom is 0.255 e. The number of benzene rings is 3. The Hall–Kier alpha value is -4.11. The maximum atomic E-state index is 13.7. The molecule has 8 nitrogen and oxygen atoms in total. The molecule has 38 heavy (non-hydrogen) atoms. The zero-order valence-electron chi connectivity index (χ0n) is 21.4. The van der Waals surface area contributed by atoms with Crippen LogP contribution in [-0.4, -0.2) is 27.3 Å². The molecule has 0 radical (unpaired) electrons. The number of allylic oxidation sites excluding steroid dienone is 1. The van der Waals surface area contributed by atoms with Gasteiger partial charge in [0.2, 0.25) is 5.95 Å². The Labute approximate surface area is 229 Å². The average Bonchev–Trinajstić information content (AvgIpc) is 3.36. The molecule has 3 aromatic carbocycles. The number of carbonyl (C=O) groups excluding carboxylic acids is 1. The first-order valence-corrected chi connectivity index (χ1v) is 13.1. The first-order chi connectivity index (χ1) is 18.4. The molecule has 194 valence electrons. The van der Waals surface area contributed by atoms with Crippen molar-refractivity contribution in [2.24, 2.45) is 0 Å². The lowest BCUT2D eigenvalue weighted by atomic mass is 9.94. The molecule has 0 saturated heterocycles. The van der Waals surface area contributed by atoms with Gasteiger partial charge < -0.3 is 20.1 Å². The van der Waals surface area contributed by atoms with E-state index in [4.69, 9.17) is 9.47 Å². The van der Waals surface area contributed by atoms with E-state index in [-0.39, 0.29) is 5.91 Å². The second-order valence-corrected chi connectivity index (χ2v) is 9.81. The van der Waals surface area contributed by atoms with Gasteiger partial charge in [0, 0.05) is 11.4 Å². The fourth-order valence-electron chi connectivity index (χ4n) is 4.49. The molecule has 1 unspecified atom stereocenters. The van der Waals surface area contributed by atoms with Crippen LogP contribution < -0.4 is 20.1 Å². The third-order valence-corrected chi connectivity index (χ3v) is 6.78. The van der Waals surface area contributed by atoms with E-state index >= 15 is 0 Å². The number of aromatic nitrogens is 3. The molecule has 1 aliphatic heterocycles. The number of aryl methyl sites for hydroxylation is 1. The van der Waals surface area contributed by atoms with Gasteiger partial charge in [-0.1, -0.05) is 42.5 Å². The molecular weight excluding hydrogens is 546 g/mol. The summed E-state index contributed by atoms with van der Waals surface area (Å²) in [6.45, 7) is 6.62. The van der Waals surface area contributed by atoms with Gasteiger partial charge in [-0.25, -0.2) is 4.68 Å². The first-order valence-electron chi connectivity index (χ1n) is 12.3. The normalized spacial score (nSPS) is 14.5. The zero-order valence-corrected chi connectivity index (χ0v) is 23.0. The van der Waals surface area contributed by atoms with E-state index in [1.807, 2.05) is 87.5 Å². The highest BCUT2D eigenvalue weighted by Gasteiger charge is 2.34. The molecule has 2 heterocycles. The Kier molecular flexibility index (Phi) is 7.46.